The standard InChI is InChI=1S/C35H26ClF7N8O4S/c1-49-28-23(6-4-21(36)25(28)32(47-49)48-56(2,54)55)50-33(45-22-5-3-14(37)11-18(22)34(50)53)19(9-13-7-15(38)10-16(39)8-13)27(31(44)52)51-29-24(26(46-51)30(40)41)17-12-20(17)35(29,42)43/h3-8,10-11,17,19-20,27,30H,9,12H2,1-2H3,(H2,44,52)(H,47,48)/t17-,19-,20+,27?/m0/s1. The molecule has 1 unspecified atom stereocenters. The zero-order valence-electron chi connectivity index (χ0n) is 28.7. The molecule has 2 aliphatic carbocycles. The van der Waals surface area contributed by atoms with Crippen molar-refractivity contribution >= 4 is 55.2 Å². The molecular weight excluding hydrogens is 797 g/mol. The number of sulfonamides is 1. The van der Waals surface area contributed by atoms with Crippen LogP contribution in [-0.4, -0.2) is 49.7 Å². The molecule has 56 heavy (non-hydrogen) atoms. The molecule has 21 heteroatoms. The lowest BCUT2D eigenvalue weighted by atomic mass is 9.89. The third kappa shape index (κ3) is 5.96. The van der Waals surface area contributed by atoms with Gasteiger partial charge in [-0.15, -0.1) is 0 Å². The summed E-state index contributed by atoms with van der Waals surface area (Å²) in [5, 5.41) is 7.59. The molecule has 3 aromatic heterocycles. The van der Waals surface area contributed by atoms with E-state index in [0.29, 0.717) is 10.7 Å². The summed E-state index contributed by atoms with van der Waals surface area (Å²) in [7, 11) is -2.61. The lowest BCUT2D eigenvalue weighted by Crippen LogP contribution is -2.39. The van der Waals surface area contributed by atoms with Crippen molar-refractivity contribution in [3.05, 3.63) is 110 Å². The highest BCUT2D eigenvalue weighted by molar-refractivity contribution is 7.92. The van der Waals surface area contributed by atoms with E-state index in [1.165, 1.54) is 19.2 Å². The molecule has 0 radical (unpaired) electrons. The van der Waals surface area contributed by atoms with E-state index in [0.717, 1.165) is 45.8 Å². The van der Waals surface area contributed by atoms with Gasteiger partial charge < -0.3 is 5.73 Å². The Bertz CT molecular complexity index is 2820. The zero-order chi connectivity index (χ0) is 40.3. The van der Waals surface area contributed by atoms with Crippen LogP contribution in [0.4, 0.5) is 36.6 Å². The number of aryl methyl sites for hydroxylation is 1. The smallest absolute Gasteiger partial charge is 0.293 e. The Hall–Kier alpha value is -5.50. The summed E-state index contributed by atoms with van der Waals surface area (Å²) in [6.45, 7) is 0. The molecule has 0 spiro atoms. The first-order chi connectivity index (χ1) is 26.3. The van der Waals surface area contributed by atoms with Crippen molar-refractivity contribution in [2.45, 2.75) is 43.1 Å². The summed E-state index contributed by atoms with van der Waals surface area (Å²) in [5.74, 6) is -13.2. The summed E-state index contributed by atoms with van der Waals surface area (Å²) in [5.41, 5.74) is 1.85. The van der Waals surface area contributed by atoms with E-state index in [1.807, 2.05) is 0 Å². The number of nitrogens with one attached hydrogen (secondary N) is 1. The van der Waals surface area contributed by atoms with Crippen molar-refractivity contribution in [2.24, 2.45) is 18.7 Å². The van der Waals surface area contributed by atoms with E-state index < -0.39 is 104 Å². The SMILES string of the molecule is Cn1nc(NS(C)(=O)=O)c2c(Cl)ccc(-n3c([C@@H](Cc4cc(F)cc(F)c4)C(C(N)=O)n4nc(C(F)F)c5c4C(F)(F)[C@@H]4C[C@H]54)nc4ccc(F)cc4c3=O)c21. The summed E-state index contributed by atoms with van der Waals surface area (Å²) in [6.07, 6.45) is -3.33. The lowest BCUT2D eigenvalue weighted by molar-refractivity contribution is -0.122. The molecule has 2 aliphatic rings. The number of anilines is 1. The normalized spacial score (nSPS) is 18.3. The first-order valence-electron chi connectivity index (χ1n) is 16.6. The number of amides is 1. The average Bonchev–Trinajstić information content (AvgIpc) is 3.62. The number of benzene rings is 3. The molecule has 3 N–H and O–H groups in total. The van der Waals surface area contributed by atoms with Crippen LogP contribution < -0.4 is 16.0 Å². The molecule has 1 saturated carbocycles. The van der Waals surface area contributed by atoms with Crippen molar-refractivity contribution in [3.8, 4) is 5.69 Å². The fraction of sp³-hybridized carbons (Fsp3) is 0.286. The molecule has 292 valence electrons. The molecule has 0 saturated heterocycles. The third-order valence-corrected chi connectivity index (χ3v) is 10.9. The predicted molar refractivity (Wildman–Crippen MR) is 188 cm³/mol. The van der Waals surface area contributed by atoms with Crippen LogP contribution in [0.3, 0.4) is 0 Å². The number of fused-ring (bicyclic) bond motifs is 5. The van der Waals surface area contributed by atoms with Gasteiger partial charge in [0, 0.05) is 24.6 Å². The number of nitrogens with zero attached hydrogens (tertiary/aromatic N) is 6. The molecular formula is C35H26ClF7N8O4S. The molecule has 3 heterocycles. The molecule has 12 nitrogen and oxygen atoms in total. The van der Waals surface area contributed by atoms with Gasteiger partial charge in [-0.2, -0.15) is 19.0 Å². The van der Waals surface area contributed by atoms with Crippen molar-refractivity contribution < 1.29 is 43.9 Å². The molecule has 3 aromatic carbocycles. The van der Waals surface area contributed by atoms with Gasteiger partial charge in [-0.25, -0.2) is 40.0 Å². The maximum absolute atomic E-state index is 16.0. The van der Waals surface area contributed by atoms with Crippen molar-refractivity contribution in [3.63, 3.8) is 0 Å². The van der Waals surface area contributed by atoms with Crippen LogP contribution in [0.15, 0.2) is 53.3 Å². The Labute approximate surface area is 315 Å². The zero-order valence-corrected chi connectivity index (χ0v) is 30.3. The second-order valence-electron chi connectivity index (χ2n) is 13.8. The Morgan fingerprint density at radius 3 is 2.39 bits per heavy atom. The van der Waals surface area contributed by atoms with Crippen molar-refractivity contribution in [1.29, 1.82) is 0 Å². The highest BCUT2D eigenvalue weighted by Gasteiger charge is 2.67. The number of carbonyl (C=O) groups is 1. The van der Waals surface area contributed by atoms with Crippen LogP contribution in [0.25, 0.3) is 27.5 Å². The average molecular weight is 823 g/mol. The molecule has 0 aliphatic heterocycles. The Morgan fingerprint density at radius 2 is 1.75 bits per heavy atom. The van der Waals surface area contributed by atoms with Crippen LogP contribution in [-0.2, 0) is 34.2 Å². The van der Waals surface area contributed by atoms with Crippen molar-refractivity contribution in [2.75, 3.05) is 11.0 Å². The van der Waals surface area contributed by atoms with E-state index in [9.17, 15) is 40.0 Å². The quantitative estimate of drug-likeness (QED) is 0.158. The van der Waals surface area contributed by atoms with E-state index in [1.54, 1.807) is 0 Å². The second kappa shape index (κ2) is 12.8. The molecule has 0 bridgehead atoms. The monoisotopic (exact) mass is 822 g/mol. The summed E-state index contributed by atoms with van der Waals surface area (Å²) in [6, 6.07) is 5.52. The van der Waals surface area contributed by atoms with Gasteiger partial charge in [0.1, 0.15) is 40.7 Å². The fourth-order valence-electron chi connectivity index (χ4n) is 7.87. The highest BCUT2D eigenvalue weighted by atomic mass is 35.5. The number of primary amides is 1. The minimum atomic E-state index is -3.97. The molecule has 1 fully saturated rings. The number of aromatic nitrogens is 6. The first-order valence-corrected chi connectivity index (χ1v) is 18.9. The van der Waals surface area contributed by atoms with Gasteiger partial charge >= 0.3 is 0 Å². The number of hydrogen-bond acceptors (Lipinski definition) is 7. The predicted octanol–water partition coefficient (Wildman–Crippen LogP) is 6.11. The third-order valence-electron chi connectivity index (χ3n) is 10.1. The Morgan fingerprint density at radius 1 is 1.05 bits per heavy atom. The second-order valence-corrected chi connectivity index (χ2v) is 16.0. The minimum absolute atomic E-state index is 0.0395. The van der Waals surface area contributed by atoms with Gasteiger partial charge in [0.2, 0.25) is 15.9 Å². The molecule has 8 rings (SSSR count). The van der Waals surface area contributed by atoms with E-state index in [2.05, 4.69) is 19.9 Å². The maximum Gasteiger partial charge on any atom is 0.293 e. The van der Waals surface area contributed by atoms with E-state index in [-0.39, 0.29) is 50.3 Å². The van der Waals surface area contributed by atoms with Gasteiger partial charge in [0.15, 0.2) is 5.82 Å². The number of halogens is 8. The van der Waals surface area contributed by atoms with Crippen LogP contribution in [0, 0.1) is 23.4 Å². The number of rotatable bonds is 10. The molecule has 1 amide bonds. The van der Waals surface area contributed by atoms with Gasteiger partial charge in [-0.3, -0.25) is 23.6 Å². The van der Waals surface area contributed by atoms with E-state index >= 15 is 8.78 Å². The van der Waals surface area contributed by atoms with E-state index in [4.69, 9.17) is 17.3 Å². The molecule has 4 atom stereocenters. The number of carbonyl (C=O) groups excluding carboxylic acids is 1. The number of hydrogen-bond donors (Lipinski definition) is 2. The largest absolute Gasteiger partial charge is 0.368 e. The topological polar surface area (TPSA) is 160 Å². The van der Waals surface area contributed by atoms with Crippen molar-refractivity contribution in [1.82, 2.24) is 29.1 Å². The van der Waals surface area contributed by atoms with Crippen LogP contribution >= 0.6 is 11.6 Å². The van der Waals surface area contributed by atoms with Crippen LogP contribution in [0.1, 0.15) is 59.1 Å². The first kappa shape index (κ1) is 37.4. The lowest BCUT2D eigenvalue weighted by Gasteiger charge is -2.30. The minimum Gasteiger partial charge on any atom is -0.368 e. The fourth-order valence-corrected chi connectivity index (χ4v) is 8.61. The number of alkyl halides is 4. The van der Waals surface area contributed by atoms with Crippen LogP contribution in [0.5, 0.6) is 0 Å². The summed E-state index contributed by atoms with van der Waals surface area (Å²) >= 11 is 6.54. The van der Waals surface area contributed by atoms with Gasteiger partial charge in [0.05, 0.1) is 44.7 Å². The summed E-state index contributed by atoms with van der Waals surface area (Å²) < 4.78 is 134. The molecule has 6 aromatic rings. The Kier molecular flexibility index (Phi) is 8.53. The van der Waals surface area contributed by atoms with Crippen LogP contribution in [0.2, 0.25) is 5.02 Å². The van der Waals surface area contributed by atoms with Gasteiger partial charge in [-0.1, -0.05) is 11.6 Å². The number of nitrogens with two attached hydrogens (primary N) is 1. The maximum atomic E-state index is 16.0. The van der Waals surface area contributed by atoms with Gasteiger partial charge in [0.25, 0.3) is 17.9 Å². The summed E-state index contributed by atoms with van der Waals surface area (Å²) in [4.78, 5) is 33.0. The Balaban J connectivity index is 1.49. The highest BCUT2D eigenvalue weighted by Crippen LogP contribution is 2.68. The van der Waals surface area contributed by atoms with Gasteiger partial charge in [-0.05, 0) is 66.8 Å².